The van der Waals surface area contributed by atoms with Crippen LogP contribution in [0.25, 0.3) is 0 Å². The van der Waals surface area contributed by atoms with E-state index in [-0.39, 0.29) is 12.8 Å². The van der Waals surface area contributed by atoms with Gasteiger partial charge in [0.05, 0.1) is 13.7 Å². The standard InChI is InChI=1S/C16H19NO4/c1-4-9-17-16(2,15(18)19-3)8-7-12-5-6-13-14(10-12)21-11-20-13/h1,5-6,10,17H,7-9,11H2,2-3H3. The average Bonchev–Trinajstić information content (AvgIpc) is 2.97. The zero-order valence-corrected chi connectivity index (χ0v) is 12.3. The van der Waals surface area contributed by atoms with Crippen LogP contribution >= 0.6 is 0 Å². The van der Waals surface area contributed by atoms with Gasteiger partial charge in [-0.1, -0.05) is 12.0 Å². The second-order valence-corrected chi connectivity index (χ2v) is 5.07. The number of fused-ring (bicyclic) bond motifs is 1. The van der Waals surface area contributed by atoms with Crippen molar-refractivity contribution < 1.29 is 19.0 Å². The number of nitrogens with one attached hydrogen (secondary N) is 1. The van der Waals surface area contributed by atoms with Crippen LogP contribution in [0.3, 0.4) is 0 Å². The monoisotopic (exact) mass is 289 g/mol. The number of ether oxygens (including phenoxy) is 3. The summed E-state index contributed by atoms with van der Waals surface area (Å²) < 4.78 is 15.5. The highest BCUT2D eigenvalue weighted by atomic mass is 16.7. The number of esters is 1. The van der Waals surface area contributed by atoms with Crippen LogP contribution in [0.5, 0.6) is 11.5 Å². The van der Waals surface area contributed by atoms with Crippen LogP contribution in [0.4, 0.5) is 0 Å². The van der Waals surface area contributed by atoms with E-state index in [0.29, 0.717) is 19.4 Å². The lowest BCUT2D eigenvalue weighted by molar-refractivity contribution is -0.148. The molecule has 1 aliphatic rings. The van der Waals surface area contributed by atoms with Gasteiger partial charge in [0.25, 0.3) is 0 Å². The number of terminal acetylenes is 1. The van der Waals surface area contributed by atoms with E-state index in [4.69, 9.17) is 20.6 Å². The van der Waals surface area contributed by atoms with Gasteiger partial charge < -0.3 is 14.2 Å². The largest absolute Gasteiger partial charge is 0.468 e. The molecule has 112 valence electrons. The lowest BCUT2D eigenvalue weighted by Crippen LogP contribution is -2.50. The summed E-state index contributed by atoms with van der Waals surface area (Å²) in [5.74, 6) is 3.65. The first-order chi connectivity index (χ1) is 10.1. The Morgan fingerprint density at radius 3 is 2.95 bits per heavy atom. The molecule has 0 bridgehead atoms. The molecule has 0 fully saturated rings. The van der Waals surface area contributed by atoms with Crippen molar-refractivity contribution in [3.05, 3.63) is 23.8 Å². The van der Waals surface area contributed by atoms with E-state index in [1.807, 2.05) is 18.2 Å². The van der Waals surface area contributed by atoms with Gasteiger partial charge in [-0.2, -0.15) is 0 Å². The second-order valence-electron chi connectivity index (χ2n) is 5.07. The van der Waals surface area contributed by atoms with Gasteiger partial charge in [-0.3, -0.25) is 10.1 Å². The maximum absolute atomic E-state index is 12.0. The van der Waals surface area contributed by atoms with Gasteiger partial charge in [0, 0.05) is 0 Å². The topological polar surface area (TPSA) is 56.8 Å². The summed E-state index contributed by atoms with van der Waals surface area (Å²) in [6, 6.07) is 5.77. The highest BCUT2D eigenvalue weighted by Crippen LogP contribution is 2.33. The smallest absolute Gasteiger partial charge is 0.325 e. The summed E-state index contributed by atoms with van der Waals surface area (Å²) in [5.41, 5.74) is 0.259. The summed E-state index contributed by atoms with van der Waals surface area (Å²) in [5, 5.41) is 3.05. The van der Waals surface area contributed by atoms with Crippen LogP contribution in [0.15, 0.2) is 18.2 Å². The first kappa shape index (κ1) is 15.2. The maximum Gasteiger partial charge on any atom is 0.325 e. The molecule has 0 aromatic heterocycles. The van der Waals surface area contributed by atoms with Crippen LogP contribution in [-0.4, -0.2) is 32.0 Å². The van der Waals surface area contributed by atoms with E-state index < -0.39 is 5.54 Å². The molecule has 5 nitrogen and oxygen atoms in total. The van der Waals surface area contributed by atoms with Gasteiger partial charge in [0.15, 0.2) is 11.5 Å². The molecule has 1 unspecified atom stereocenters. The van der Waals surface area contributed by atoms with Crippen molar-refractivity contribution in [2.24, 2.45) is 0 Å². The molecule has 5 heteroatoms. The molecular formula is C16H19NO4. The molecule has 1 aromatic rings. The van der Waals surface area contributed by atoms with Crippen LogP contribution in [-0.2, 0) is 16.0 Å². The first-order valence-electron chi connectivity index (χ1n) is 6.74. The number of benzene rings is 1. The predicted octanol–water partition coefficient (Wildman–Crippen LogP) is 1.50. The molecule has 0 aliphatic carbocycles. The van der Waals surface area contributed by atoms with E-state index in [1.165, 1.54) is 7.11 Å². The molecule has 21 heavy (non-hydrogen) atoms. The molecule has 1 atom stereocenters. The van der Waals surface area contributed by atoms with Crippen molar-refractivity contribution in [3.63, 3.8) is 0 Å². The predicted molar refractivity (Wildman–Crippen MR) is 78.1 cm³/mol. The minimum absolute atomic E-state index is 0.252. The Bertz CT molecular complexity index is 564. The fraction of sp³-hybridized carbons (Fsp3) is 0.438. The Kier molecular flexibility index (Phi) is 4.71. The lowest BCUT2D eigenvalue weighted by Gasteiger charge is -2.27. The molecule has 1 aromatic carbocycles. The van der Waals surface area contributed by atoms with Crippen molar-refractivity contribution in [2.75, 3.05) is 20.4 Å². The van der Waals surface area contributed by atoms with Crippen LogP contribution in [0.1, 0.15) is 18.9 Å². The van der Waals surface area contributed by atoms with Crippen molar-refractivity contribution >= 4 is 5.97 Å². The lowest BCUT2D eigenvalue weighted by atomic mass is 9.93. The van der Waals surface area contributed by atoms with Crippen molar-refractivity contribution in [1.29, 1.82) is 0 Å². The Labute approximate surface area is 124 Å². The number of hydrogen-bond acceptors (Lipinski definition) is 5. The number of hydrogen-bond donors (Lipinski definition) is 1. The molecule has 2 rings (SSSR count). The minimum Gasteiger partial charge on any atom is -0.468 e. The summed E-state index contributed by atoms with van der Waals surface area (Å²) in [4.78, 5) is 12.0. The fourth-order valence-corrected chi connectivity index (χ4v) is 2.22. The normalized spacial score (nSPS) is 15.1. The molecule has 0 spiro atoms. The van der Waals surface area contributed by atoms with E-state index in [1.54, 1.807) is 6.92 Å². The SMILES string of the molecule is C#CCNC(C)(CCc1ccc2c(c1)OCO2)C(=O)OC. The van der Waals surface area contributed by atoms with E-state index in [9.17, 15) is 4.79 Å². The maximum atomic E-state index is 12.0. The van der Waals surface area contributed by atoms with Crippen LogP contribution in [0, 0.1) is 12.3 Å². The van der Waals surface area contributed by atoms with Gasteiger partial charge in [0.2, 0.25) is 6.79 Å². The number of aryl methyl sites for hydroxylation is 1. The van der Waals surface area contributed by atoms with Crippen molar-refractivity contribution in [2.45, 2.75) is 25.3 Å². The van der Waals surface area contributed by atoms with Crippen LogP contribution in [0.2, 0.25) is 0 Å². The molecule has 0 radical (unpaired) electrons. The first-order valence-corrected chi connectivity index (χ1v) is 6.74. The quantitative estimate of drug-likeness (QED) is 0.635. The third kappa shape index (κ3) is 3.47. The second kappa shape index (κ2) is 6.51. The zero-order valence-electron chi connectivity index (χ0n) is 12.3. The number of rotatable bonds is 6. The van der Waals surface area contributed by atoms with Crippen molar-refractivity contribution in [1.82, 2.24) is 5.32 Å². The molecule has 0 saturated heterocycles. The molecule has 1 N–H and O–H groups in total. The third-order valence-corrected chi connectivity index (χ3v) is 3.57. The van der Waals surface area contributed by atoms with Gasteiger partial charge >= 0.3 is 5.97 Å². The van der Waals surface area contributed by atoms with Gasteiger partial charge in [0.1, 0.15) is 5.54 Å². The molecule has 1 aliphatic heterocycles. The molecular weight excluding hydrogens is 270 g/mol. The average molecular weight is 289 g/mol. The van der Waals surface area contributed by atoms with Crippen molar-refractivity contribution in [3.8, 4) is 23.8 Å². The summed E-state index contributed by atoms with van der Waals surface area (Å²) in [7, 11) is 1.37. The fourth-order valence-electron chi connectivity index (χ4n) is 2.22. The summed E-state index contributed by atoms with van der Waals surface area (Å²) in [6.07, 6.45) is 6.52. The van der Waals surface area contributed by atoms with Gasteiger partial charge in [-0.05, 0) is 37.5 Å². The van der Waals surface area contributed by atoms with E-state index >= 15 is 0 Å². The highest BCUT2D eigenvalue weighted by Gasteiger charge is 2.33. The van der Waals surface area contributed by atoms with E-state index in [0.717, 1.165) is 17.1 Å². The minimum atomic E-state index is -0.808. The van der Waals surface area contributed by atoms with Gasteiger partial charge in [-0.25, -0.2) is 0 Å². The molecule has 0 saturated carbocycles. The Hall–Kier alpha value is -2.19. The Balaban J connectivity index is 2.04. The zero-order chi connectivity index (χ0) is 15.3. The Morgan fingerprint density at radius 2 is 2.24 bits per heavy atom. The summed E-state index contributed by atoms with van der Waals surface area (Å²) >= 11 is 0. The van der Waals surface area contributed by atoms with Gasteiger partial charge in [-0.15, -0.1) is 6.42 Å². The third-order valence-electron chi connectivity index (χ3n) is 3.57. The highest BCUT2D eigenvalue weighted by molar-refractivity contribution is 5.80. The Morgan fingerprint density at radius 1 is 1.48 bits per heavy atom. The summed E-state index contributed by atoms with van der Waals surface area (Å²) in [6.45, 7) is 2.36. The number of carbonyl (C=O) groups is 1. The van der Waals surface area contributed by atoms with E-state index in [2.05, 4.69) is 11.2 Å². The number of methoxy groups -OCH3 is 1. The number of carbonyl (C=O) groups excluding carboxylic acids is 1. The molecule has 1 heterocycles. The molecule has 0 amide bonds. The van der Waals surface area contributed by atoms with Crippen LogP contribution < -0.4 is 14.8 Å².